The summed E-state index contributed by atoms with van der Waals surface area (Å²) in [5.41, 5.74) is 0. The maximum Gasteiger partial charge on any atom is 0.100 e. The highest BCUT2D eigenvalue weighted by molar-refractivity contribution is 5.63. The van der Waals surface area contributed by atoms with Gasteiger partial charge in [-0.25, -0.2) is 0 Å². The summed E-state index contributed by atoms with van der Waals surface area (Å²) in [5, 5.41) is 10.2. The largest absolute Gasteiger partial charge is 0.550 e. The monoisotopic (exact) mass is 413 g/mol. The molecule has 0 amide bonds. The fourth-order valence-electron chi connectivity index (χ4n) is 2.86. The standard InChI is InChI=1S/C18H34O2.C7H17NO/c1-2-3-4-5-6-7-8-9-10-11-12-13-14-15-16-17-18(19)20;1-4-6-9-7-5-8(2)3/h9-10H,2-8,11-17H2,1H3,(H,19,20);4-7H2,1-3H3/b10-9-;. The number of likely N-dealkylation sites (N-methyl/N-ethyl adjacent to an activating group) is 1. The Bertz CT molecular complexity index is 343. The molecule has 174 valence electrons. The fourth-order valence-corrected chi connectivity index (χ4v) is 2.86. The lowest BCUT2D eigenvalue weighted by atomic mass is 10.1. The maximum absolute atomic E-state index is 10.2. The third-order valence-electron chi connectivity index (χ3n) is 4.74. The summed E-state index contributed by atoms with van der Waals surface area (Å²) in [4.78, 5) is 11.7. The van der Waals surface area contributed by atoms with Gasteiger partial charge in [-0.2, -0.15) is 0 Å². The molecule has 0 saturated carbocycles. The number of rotatable bonds is 20. The van der Waals surface area contributed by atoms with E-state index < -0.39 is 5.97 Å². The average Bonchev–Trinajstić information content (AvgIpc) is 2.68. The van der Waals surface area contributed by atoms with E-state index in [0.29, 0.717) is 0 Å². The Morgan fingerprint density at radius 3 is 1.76 bits per heavy atom. The Labute approximate surface area is 182 Å². The molecule has 4 nitrogen and oxygen atoms in total. The molecule has 0 aromatic heterocycles. The number of ether oxygens (including phenoxy) is 1. The molecule has 0 aromatic rings. The molecule has 0 bridgehead atoms. The van der Waals surface area contributed by atoms with Crippen molar-refractivity contribution in [2.75, 3.05) is 33.9 Å². The number of carbonyl (C=O) groups is 1. The summed E-state index contributed by atoms with van der Waals surface area (Å²) in [6.45, 7) is 7.30. The first kappa shape index (κ1) is 30.3. The topological polar surface area (TPSA) is 53.8 Å². The van der Waals surface area contributed by atoms with E-state index in [0.717, 1.165) is 45.4 Å². The van der Waals surface area contributed by atoms with Crippen LogP contribution in [0.3, 0.4) is 0 Å². The van der Waals surface area contributed by atoms with Crippen LogP contribution in [0, 0.1) is 0 Å². The summed E-state index contributed by atoms with van der Waals surface area (Å²) in [6, 6.07) is 0. The summed E-state index contributed by atoms with van der Waals surface area (Å²) in [7, 11) is 4.27. The van der Waals surface area contributed by atoms with Gasteiger partial charge in [0.05, 0.1) is 20.7 Å². The van der Waals surface area contributed by atoms with Gasteiger partial charge in [-0.15, -0.1) is 0 Å². The van der Waals surface area contributed by atoms with E-state index in [4.69, 9.17) is 4.74 Å². The summed E-state index contributed by atoms with van der Waals surface area (Å²) < 4.78 is 5.27. The van der Waals surface area contributed by atoms with Gasteiger partial charge in [0.25, 0.3) is 0 Å². The lowest BCUT2D eigenvalue weighted by Crippen LogP contribution is -3.06. The molecule has 0 atom stereocenters. The third kappa shape index (κ3) is 35.0. The Morgan fingerprint density at radius 2 is 1.28 bits per heavy atom. The molecule has 0 spiro atoms. The van der Waals surface area contributed by atoms with E-state index in [1.54, 1.807) is 0 Å². The number of nitrogens with one attached hydrogen (secondary N) is 1. The van der Waals surface area contributed by atoms with Crippen molar-refractivity contribution < 1.29 is 19.5 Å². The Morgan fingerprint density at radius 1 is 0.759 bits per heavy atom. The van der Waals surface area contributed by atoms with Gasteiger partial charge in [-0.05, 0) is 44.9 Å². The van der Waals surface area contributed by atoms with Crippen molar-refractivity contribution in [3.63, 3.8) is 0 Å². The molecule has 29 heavy (non-hydrogen) atoms. The fraction of sp³-hybridized carbons (Fsp3) is 0.880. The van der Waals surface area contributed by atoms with Crippen molar-refractivity contribution in [3.05, 3.63) is 12.2 Å². The minimum absolute atomic E-state index is 0.220. The molecular formula is C25H51NO3. The lowest BCUT2D eigenvalue weighted by Gasteiger charge is -2.06. The number of aliphatic carboxylic acids is 1. The highest BCUT2D eigenvalue weighted by Gasteiger charge is 1.92. The minimum Gasteiger partial charge on any atom is -0.550 e. The van der Waals surface area contributed by atoms with E-state index in [-0.39, 0.29) is 6.42 Å². The number of hydrogen-bond acceptors (Lipinski definition) is 3. The molecule has 0 heterocycles. The minimum atomic E-state index is -0.914. The first-order chi connectivity index (χ1) is 14.0. The van der Waals surface area contributed by atoms with Crippen LogP contribution in [0.4, 0.5) is 0 Å². The zero-order valence-corrected chi connectivity index (χ0v) is 20.1. The van der Waals surface area contributed by atoms with Crippen LogP contribution in [0.5, 0.6) is 0 Å². The molecule has 0 unspecified atom stereocenters. The van der Waals surface area contributed by atoms with Crippen LogP contribution >= 0.6 is 0 Å². The second kappa shape index (κ2) is 27.1. The summed E-state index contributed by atoms with van der Waals surface area (Å²) >= 11 is 0. The van der Waals surface area contributed by atoms with Gasteiger partial charge in [-0.3, -0.25) is 0 Å². The van der Waals surface area contributed by atoms with Crippen molar-refractivity contribution >= 4 is 5.97 Å². The SMILES string of the molecule is CCCCCCCC/C=C\CCCCCCCC(=O)[O-].CCCOCC[NH+](C)C. The van der Waals surface area contributed by atoms with Crippen molar-refractivity contribution in [3.8, 4) is 0 Å². The lowest BCUT2D eigenvalue weighted by molar-refractivity contribution is -0.858. The number of carboxylic acids is 1. The second-order valence-electron chi connectivity index (χ2n) is 8.28. The first-order valence-electron chi connectivity index (χ1n) is 12.3. The van der Waals surface area contributed by atoms with Crippen LogP contribution in [0.2, 0.25) is 0 Å². The smallest absolute Gasteiger partial charge is 0.100 e. The van der Waals surface area contributed by atoms with Crippen LogP contribution in [-0.4, -0.2) is 39.8 Å². The van der Waals surface area contributed by atoms with Crippen molar-refractivity contribution in [2.24, 2.45) is 0 Å². The number of carboxylic acid groups (broad SMARTS) is 1. The molecule has 0 aliphatic carbocycles. The molecular weight excluding hydrogens is 362 g/mol. The maximum atomic E-state index is 10.2. The van der Waals surface area contributed by atoms with E-state index >= 15 is 0 Å². The molecule has 0 saturated heterocycles. The van der Waals surface area contributed by atoms with E-state index in [2.05, 4.69) is 40.1 Å². The average molecular weight is 414 g/mol. The predicted molar refractivity (Wildman–Crippen MR) is 123 cm³/mol. The number of hydrogen-bond donors (Lipinski definition) is 1. The van der Waals surface area contributed by atoms with Crippen LogP contribution in [0.15, 0.2) is 12.2 Å². The highest BCUT2D eigenvalue weighted by Crippen LogP contribution is 2.09. The predicted octanol–water partition coefficient (Wildman–Crippen LogP) is 4.33. The molecule has 0 aliphatic heterocycles. The van der Waals surface area contributed by atoms with Crippen LogP contribution in [0.25, 0.3) is 0 Å². The quantitative estimate of drug-likeness (QED) is 0.239. The van der Waals surface area contributed by atoms with Crippen LogP contribution in [-0.2, 0) is 9.53 Å². The van der Waals surface area contributed by atoms with Gasteiger partial charge < -0.3 is 19.5 Å². The second-order valence-corrected chi connectivity index (χ2v) is 8.28. The van der Waals surface area contributed by atoms with Crippen molar-refractivity contribution in [1.82, 2.24) is 0 Å². The summed E-state index contributed by atoms with van der Waals surface area (Å²) in [5.74, 6) is -0.914. The molecule has 0 fully saturated rings. The zero-order chi connectivity index (χ0) is 22.0. The van der Waals surface area contributed by atoms with E-state index in [1.165, 1.54) is 69.1 Å². The van der Waals surface area contributed by atoms with Crippen LogP contribution < -0.4 is 10.0 Å². The van der Waals surface area contributed by atoms with Gasteiger partial charge >= 0.3 is 0 Å². The molecule has 0 aromatic carbocycles. The van der Waals surface area contributed by atoms with Gasteiger partial charge in [0, 0.05) is 12.6 Å². The van der Waals surface area contributed by atoms with Crippen molar-refractivity contribution in [2.45, 2.75) is 110 Å². The van der Waals surface area contributed by atoms with E-state index in [9.17, 15) is 9.90 Å². The first-order valence-corrected chi connectivity index (χ1v) is 12.3. The molecule has 1 N–H and O–H groups in total. The number of unbranched alkanes of at least 4 members (excludes halogenated alkanes) is 11. The zero-order valence-electron chi connectivity index (χ0n) is 20.1. The van der Waals surface area contributed by atoms with Gasteiger partial charge in [0.1, 0.15) is 6.54 Å². The summed E-state index contributed by atoms with van der Waals surface area (Å²) in [6.07, 6.45) is 22.0. The highest BCUT2D eigenvalue weighted by atomic mass is 16.5. The Kier molecular flexibility index (Phi) is 28.4. The normalized spacial score (nSPS) is 11.1. The Hall–Kier alpha value is -0.870. The van der Waals surface area contributed by atoms with E-state index in [1.807, 2.05) is 0 Å². The van der Waals surface area contributed by atoms with Gasteiger partial charge in [-0.1, -0.05) is 77.4 Å². The van der Waals surface area contributed by atoms with Crippen molar-refractivity contribution in [1.29, 1.82) is 0 Å². The number of allylic oxidation sites excluding steroid dienone is 2. The third-order valence-corrected chi connectivity index (χ3v) is 4.74. The van der Waals surface area contributed by atoms with Crippen LogP contribution in [0.1, 0.15) is 110 Å². The molecule has 4 heteroatoms. The number of carbonyl (C=O) groups excluding carboxylic acids is 1. The number of quaternary nitrogens is 1. The van der Waals surface area contributed by atoms with Gasteiger partial charge in [0.15, 0.2) is 0 Å². The van der Waals surface area contributed by atoms with Gasteiger partial charge in [0.2, 0.25) is 0 Å². The Balaban J connectivity index is 0. The molecule has 0 aliphatic rings. The molecule has 0 rings (SSSR count). The molecule has 0 radical (unpaired) electrons.